The Morgan fingerprint density at radius 1 is 1.10 bits per heavy atom. The maximum absolute atomic E-state index is 13.5. The molecule has 0 unspecified atom stereocenters. The largest absolute Gasteiger partial charge is 0.447 e. The van der Waals surface area contributed by atoms with E-state index in [9.17, 15) is 18.3 Å². The highest BCUT2D eigenvalue weighted by Crippen LogP contribution is 2.32. The minimum atomic E-state index is -4.10. The van der Waals surface area contributed by atoms with Gasteiger partial charge in [-0.05, 0) is 57.2 Å². The molecular formula is C20H24Cl2N2O5S. The molecule has 0 aliphatic heterocycles. The Morgan fingerprint density at radius 2 is 1.70 bits per heavy atom. The quantitative estimate of drug-likeness (QED) is 0.597. The number of anilines is 1. The van der Waals surface area contributed by atoms with Gasteiger partial charge in [0.2, 0.25) is 0 Å². The van der Waals surface area contributed by atoms with E-state index in [-0.39, 0.29) is 23.2 Å². The van der Waals surface area contributed by atoms with Gasteiger partial charge < -0.3 is 15.2 Å². The molecule has 2 aromatic rings. The highest BCUT2D eigenvalue weighted by molar-refractivity contribution is 7.92. The molecule has 0 bridgehead atoms. The van der Waals surface area contributed by atoms with Crippen LogP contribution in [-0.2, 0) is 21.4 Å². The molecule has 0 aliphatic carbocycles. The van der Waals surface area contributed by atoms with E-state index >= 15 is 0 Å². The Kier molecular flexibility index (Phi) is 8.37. The lowest BCUT2D eigenvalue weighted by molar-refractivity contribution is 0.139. The molecule has 10 heteroatoms. The molecule has 0 saturated heterocycles. The van der Waals surface area contributed by atoms with Crippen LogP contribution < -0.4 is 9.62 Å². The fourth-order valence-corrected chi connectivity index (χ4v) is 4.70. The summed E-state index contributed by atoms with van der Waals surface area (Å²) in [6.07, 6.45) is -0.658. The lowest BCUT2D eigenvalue weighted by Gasteiger charge is -2.32. The van der Waals surface area contributed by atoms with Crippen LogP contribution >= 0.6 is 23.2 Å². The predicted octanol–water partition coefficient (Wildman–Crippen LogP) is 4.20. The maximum atomic E-state index is 13.5. The van der Waals surface area contributed by atoms with E-state index in [4.69, 9.17) is 27.9 Å². The van der Waals surface area contributed by atoms with Crippen LogP contribution in [0.15, 0.2) is 47.4 Å². The van der Waals surface area contributed by atoms with Crippen molar-refractivity contribution in [2.24, 2.45) is 0 Å². The molecule has 164 valence electrons. The molecule has 1 amide bonds. The highest BCUT2D eigenvalue weighted by Gasteiger charge is 2.32. The van der Waals surface area contributed by atoms with Crippen molar-refractivity contribution in [3.8, 4) is 0 Å². The third kappa shape index (κ3) is 6.01. The van der Waals surface area contributed by atoms with Crippen LogP contribution in [0.3, 0.4) is 0 Å². The molecule has 0 heterocycles. The average Bonchev–Trinajstić information content (AvgIpc) is 2.66. The molecule has 2 N–H and O–H groups in total. The molecule has 0 radical (unpaired) electrons. The van der Waals surface area contributed by atoms with Gasteiger partial charge in [0.1, 0.15) is 6.61 Å². The van der Waals surface area contributed by atoms with E-state index in [1.54, 1.807) is 32.9 Å². The summed E-state index contributed by atoms with van der Waals surface area (Å²) in [7, 11) is -4.10. The molecule has 0 spiro atoms. The summed E-state index contributed by atoms with van der Waals surface area (Å²) in [6.45, 7) is 4.53. The van der Waals surface area contributed by atoms with Gasteiger partial charge in [-0.15, -0.1) is 0 Å². The van der Waals surface area contributed by atoms with Crippen LogP contribution in [0.2, 0.25) is 10.0 Å². The van der Waals surface area contributed by atoms with Gasteiger partial charge >= 0.3 is 6.09 Å². The first-order valence-electron chi connectivity index (χ1n) is 9.18. The first kappa shape index (κ1) is 24.3. The smallest absolute Gasteiger partial charge is 0.407 e. The molecule has 30 heavy (non-hydrogen) atoms. The SMILES string of the molecule is CC(C)NC(=O)OC[C@H](C)N(c1cc(Cl)ccc1CO)S(=O)(=O)c1ccc(Cl)cc1. The number of amides is 1. The van der Waals surface area contributed by atoms with E-state index < -0.39 is 28.8 Å². The number of alkyl carbamates (subject to hydrolysis) is 1. The van der Waals surface area contributed by atoms with Gasteiger partial charge in [-0.1, -0.05) is 29.3 Å². The van der Waals surface area contributed by atoms with Crippen molar-refractivity contribution in [2.75, 3.05) is 10.9 Å². The second kappa shape index (κ2) is 10.3. The fourth-order valence-electron chi connectivity index (χ4n) is 2.74. The van der Waals surface area contributed by atoms with Gasteiger partial charge in [0.05, 0.1) is 23.2 Å². The summed E-state index contributed by atoms with van der Waals surface area (Å²) in [5.41, 5.74) is 0.552. The average molecular weight is 475 g/mol. The summed E-state index contributed by atoms with van der Waals surface area (Å²) in [5.74, 6) is 0. The van der Waals surface area contributed by atoms with E-state index in [1.807, 2.05) is 0 Å². The Labute approximate surface area is 186 Å². The van der Waals surface area contributed by atoms with Crippen molar-refractivity contribution >= 4 is 45.0 Å². The molecule has 2 aromatic carbocycles. The van der Waals surface area contributed by atoms with Crippen molar-refractivity contribution in [1.29, 1.82) is 0 Å². The zero-order chi connectivity index (χ0) is 22.5. The molecule has 2 rings (SSSR count). The molecule has 7 nitrogen and oxygen atoms in total. The van der Waals surface area contributed by atoms with Crippen molar-refractivity contribution in [2.45, 2.75) is 44.4 Å². The third-order valence-corrected chi connectivity index (χ3v) is 6.52. The second-order valence-electron chi connectivity index (χ2n) is 6.93. The summed E-state index contributed by atoms with van der Waals surface area (Å²) < 4.78 is 33.3. The number of hydrogen-bond donors (Lipinski definition) is 2. The predicted molar refractivity (Wildman–Crippen MR) is 118 cm³/mol. The van der Waals surface area contributed by atoms with Crippen molar-refractivity contribution < 1.29 is 23.1 Å². The summed E-state index contributed by atoms with van der Waals surface area (Å²) in [6, 6.07) is 9.32. The van der Waals surface area contributed by atoms with E-state index in [1.165, 1.54) is 30.3 Å². The number of carbonyl (C=O) groups excluding carboxylic acids is 1. The number of nitrogens with zero attached hydrogens (tertiary/aromatic N) is 1. The molecule has 0 saturated carbocycles. The van der Waals surface area contributed by atoms with E-state index in [2.05, 4.69) is 5.32 Å². The minimum absolute atomic E-state index is 0.00533. The number of rotatable bonds is 8. The zero-order valence-corrected chi connectivity index (χ0v) is 19.1. The number of halogens is 2. The standard InChI is InChI=1S/C20H24Cl2N2O5S/c1-13(2)23-20(26)29-12-14(3)24(19-10-17(22)5-4-15(19)11-25)30(27,28)18-8-6-16(21)7-9-18/h4-10,13-14,25H,11-12H2,1-3H3,(H,23,26)/t14-/m0/s1. The van der Waals surface area contributed by atoms with Crippen molar-refractivity contribution in [3.63, 3.8) is 0 Å². The molecule has 0 fully saturated rings. The minimum Gasteiger partial charge on any atom is -0.447 e. The van der Waals surface area contributed by atoms with Crippen LogP contribution in [0.5, 0.6) is 0 Å². The van der Waals surface area contributed by atoms with Crippen LogP contribution in [0, 0.1) is 0 Å². The normalized spacial score (nSPS) is 12.5. The van der Waals surface area contributed by atoms with Crippen LogP contribution in [0.4, 0.5) is 10.5 Å². The Bertz CT molecular complexity index is 981. The first-order valence-corrected chi connectivity index (χ1v) is 11.4. The number of aliphatic hydroxyl groups excluding tert-OH is 1. The number of sulfonamides is 1. The Morgan fingerprint density at radius 3 is 2.27 bits per heavy atom. The Balaban J connectivity index is 2.49. The second-order valence-corrected chi connectivity index (χ2v) is 9.62. The van der Waals surface area contributed by atoms with E-state index in [0.717, 1.165) is 4.31 Å². The third-order valence-electron chi connectivity index (χ3n) is 4.09. The summed E-state index contributed by atoms with van der Waals surface area (Å²) in [4.78, 5) is 11.9. The van der Waals surface area contributed by atoms with Gasteiger partial charge in [0.25, 0.3) is 10.0 Å². The highest BCUT2D eigenvalue weighted by atomic mass is 35.5. The fraction of sp³-hybridized carbons (Fsp3) is 0.350. The lowest BCUT2D eigenvalue weighted by Crippen LogP contribution is -2.43. The van der Waals surface area contributed by atoms with Gasteiger partial charge in [-0.3, -0.25) is 4.31 Å². The first-order chi connectivity index (χ1) is 14.1. The van der Waals surface area contributed by atoms with Crippen LogP contribution in [-0.4, -0.2) is 38.3 Å². The number of ether oxygens (including phenoxy) is 1. The summed E-state index contributed by atoms with van der Waals surface area (Å²) in [5, 5.41) is 13.0. The van der Waals surface area contributed by atoms with Gasteiger partial charge in [-0.25, -0.2) is 13.2 Å². The monoisotopic (exact) mass is 474 g/mol. The van der Waals surface area contributed by atoms with E-state index in [0.29, 0.717) is 15.6 Å². The number of aliphatic hydroxyl groups is 1. The van der Waals surface area contributed by atoms with Gasteiger partial charge in [0.15, 0.2) is 0 Å². The molecule has 0 aliphatic rings. The topological polar surface area (TPSA) is 95.9 Å². The lowest BCUT2D eigenvalue weighted by atomic mass is 10.1. The number of nitrogens with one attached hydrogen (secondary N) is 1. The molecular weight excluding hydrogens is 451 g/mol. The number of benzene rings is 2. The number of carbonyl (C=O) groups is 1. The van der Waals surface area contributed by atoms with Crippen LogP contribution in [0.25, 0.3) is 0 Å². The summed E-state index contributed by atoms with van der Waals surface area (Å²) >= 11 is 12.0. The number of hydrogen-bond acceptors (Lipinski definition) is 5. The molecule has 0 aromatic heterocycles. The van der Waals surface area contributed by atoms with Crippen molar-refractivity contribution in [1.82, 2.24) is 5.32 Å². The Hall–Kier alpha value is -2.00. The van der Waals surface area contributed by atoms with Crippen molar-refractivity contribution in [3.05, 3.63) is 58.1 Å². The van der Waals surface area contributed by atoms with Crippen LogP contribution in [0.1, 0.15) is 26.3 Å². The maximum Gasteiger partial charge on any atom is 0.407 e. The van der Waals surface area contributed by atoms with Gasteiger partial charge in [-0.2, -0.15) is 0 Å². The zero-order valence-electron chi connectivity index (χ0n) is 16.8. The molecule has 1 atom stereocenters. The van der Waals surface area contributed by atoms with Gasteiger partial charge in [0, 0.05) is 21.7 Å².